The molecule has 2 amide bonds. The average Bonchev–Trinajstić information content (AvgIpc) is 2.83. The first-order valence-corrected chi connectivity index (χ1v) is 11.4. The molecule has 10 N–H and O–H groups in total. The van der Waals surface area contributed by atoms with E-state index in [1.807, 2.05) is 0 Å². The van der Waals surface area contributed by atoms with Crippen molar-refractivity contribution in [1.82, 2.24) is 10.6 Å². The summed E-state index contributed by atoms with van der Waals surface area (Å²) in [7, 11) is 0. The predicted molar refractivity (Wildman–Crippen MR) is 133 cm³/mol. The van der Waals surface area contributed by atoms with Gasteiger partial charge in [0.1, 0.15) is 11.5 Å². The summed E-state index contributed by atoms with van der Waals surface area (Å²) < 4.78 is 0. The van der Waals surface area contributed by atoms with Crippen LogP contribution >= 0.6 is 0 Å². The van der Waals surface area contributed by atoms with E-state index in [1.165, 1.54) is 0 Å². The lowest BCUT2D eigenvalue weighted by Crippen LogP contribution is -2.40. The van der Waals surface area contributed by atoms with E-state index in [4.69, 9.17) is 11.5 Å². The van der Waals surface area contributed by atoms with Gasteiger partial charge < -0.3 is 42.9 Å². The molecule has 0 saturated heterocycles. The Labute approximate surface area is 207 Å². The average molecular weight is 499 g/mol. The summed E-state index contributed by atoms with van der Waals surface area (Å²) in [6.45, 7) is 3.97. The van der Waals surface area contributed by atoms with E-state index in [-0.39, 0.29) is 60.2 Å². The Morgan fingerprint density at radius 1 is 0.694 bits per heavy atom. The fraction of sp³-hybridized carbons (Fsp3) is 0.333. The number of ketones is 2. The van der Waals surface area contributed by atoms with Gasteiger partial charge in [0, 0.05) is 37.6 Å². The van der Waals surface area contributed by atoms with Crippen LogP contribution in [-0.2, 0) is 9.59 Å². The maximum atomic E-state index is 13.5. The van der Waals surface area contributed by atoms with Crippen molar-refractivity contribution in [2.45, 2.75) is 25.9 Å². The largest absolute Gasteiger partial charge is 0.507 e. The number of aromatic hydroxyl groups is 2. The van der Waals surface area contributed by atoms with Gasteiger partial charge in [-0.3, -0.25) is 19.2 Å². The number of hydrogen-bond acceptors (Lipinski definition) is 10. The topological polar surface area (TPSA) is 209 Å². The fourth-order valence-electron chi connectivity index (χ4n) is 3.75. The smallest absolute Gasteiger partial charge is 0.236 e. The minimum absolute atomic E-state index is 0.0107. The van der Waals surface area contributed by atoms with Crippen molar-refractivity contribution in [3.8, 4) is 11.5 Å². The fourth-order valence-corrected chi connectivity index (χ4v) is 3.75. The molecular formula is C24H30N6O6. The maximum Gasteiger partial charge on any atom is 0.236 e. The Balaban J connectivity index is 1.92. The van der Waals surface area contributed by atoms with Gasteiger partial charge in [0.2, 0.25) is 23.4 Å². The SMILES string of the molecule is C[C@@H](N)C(=O)NCCNc1ccc(NCCNC(=O)[C@@H](C)N)c2c1C(=O)c1c(O)ccc(O)c1C2=O. The van der Waals surface area contributed by atoms with Crippen LogP contribution in [0.2, 0.25) is 0 Å². The molecule has 2 aromatic rings. The van der Waals surface area contributed by atoms with Crippen LogP contribution in [0.15, 0.2) is 24.3 Å². The van der Waals surface area contributed by atoms with Gasteiger partial charge in [0.15, 0.2) is 0 Å². The van der Waals surface area contributed by atoms with Crippen molar-refractivity contribution in [3.63, 3.8) is 0 Å². The van der Waals surface area contributed by atoms with Crippen LogP contribution in [0.25, 0.3) is 0 Å². The minimum Gasteiger partial charge on any atom is -0.507 e. The molecule has 0 unspecified atom stereocenters. The van der Waals surface area contributed by atoms with Gasteiger partial charge in [-0.05, 0) is 38.1 Å². The second kappa shape index (κ2) is 11.1. The van der Waals surface area contributed by atoms with Gasteiger partial charge in [-0.15, -0.1) is 0 Å². The first-order valence-electron chi connectivity index (χ1n) is 11.4. The number of benzene rings is 2. The molecule has 1 aliphatic carbocycles. The van der Waals surface area contributed by atoms with Crippen molar-refractivity contribution >= 4 is 34.8 Å². The highest BCUT2D eigenvalue weighted by Crippen LogP contribution is 2.42. The Morgan fingerprint density at radius 2 is 1.06 bits per heavy atom. The number of hydrogen-bond donors (Lipinski definition) is 8. The predicted octanol–water partition coefficient (Wildman–Crippen LogP) is -0.376. The van der Waals surface area contributed by atoms with Gasteiger partial charge >= 0.3 is 0 Å². The summed E-state index contributed by atoms with van der Waals surface area (Å²) >= 11 is 0. The van der Waals surface area contributed by atoms with Crippen molar-refractivity contribution in [3.05, 3.63) is 46.5 Å². The monoisotopic (exact) mass is 498 g/mol. The van der Waals surface area contributed by atoms with Crippen LogP contribution in [-0.4, -0.2) is 71.9 Å². The van der Waals surface area contributed by atoms with E-state index in [0.717, 1.165) is 12.1 Å². The number of phenols is 2. The van der Waals surface area contributed by atoms with Gasteiger partial charge in [-0.2, -0.15) is 0 Å². The summed E-state index contributed by atoms with van der Waals surface area (Å²) in [6, 6.07) is 4.12. The van der Waals surface area contributed by atoms with Gasteiger partial charge in [-0.25, -0.2) is 0 Å². The molecule has 12 heteroatoms. The number of carbonyl (C=O) groups excluding carboxylic acids is 4. The summed E-state index contributed by atoms with van der Waals surface area (Å²) in [5.41, 5.74) is 11.1. The number of nitrogens with one attached hydrogen (secondary N) is 4. The molecule has 0 spiro atoms. The molecule has 0 radical (unpaired) electrons. The third kappa shape index (κ3) is 5.39. The first-order chi connectivity index (χ1) is 17.0. The number of anilines is 2. The molecule has 0 saturated carbocycles. The Kier molecular flexibility index (Phi) is 8.12. The third-order valence-electron chi connectivity index (χ3n) is 5.58. The van der Waals surface area contributed by atoms with Crippen molar-refractivity contribution < 1.29 is 29.4 Å². The van der Waals surface area contributed by atoms with Crippen molar-refractivity contribution in [2.75, 3.05) is 36.8 Å². The van der Waals surface area contributed by atoms with Crippen molar-refractivity contribution in [1.29, 1.82) is 0 Å². The number of phenolic OH excluding ortho intramolecular Hbond substituents is 2. The highest BCUT2D eigenvalue weighted by molar-refractivity contribution is 6.33. The summed E-state index contributed by atoms with van der Waals surface area (Å²) in [5, 5.41) is 32.0. The lowest BCUT2D eigenvalue weighted by Gasteiger charge is -2.25. The van der Waals surface area contributed by atoms with Gasteiger partial charge in [0.25, 0.3) is 0 Å². The molecule has 1 aliphatic rings. The van der Waals surface area contributed by atoms with Gasteiger partial charge in [-0.1, -0.05) is 0 Å². The third-order valence-corrected chi connectivity index (χ3v) is 5.58. The molecule has 3 rings (SSSR count). The Bertz CT molecular complexity index is 1120. The molecule has 0 bridgehead atoms. The normalized spacial score (nSPS) is 13.8. The zero-order valence-electron chi connectivity index (χ0n) is 20.0. The molecule has 2 atom stereocenters. The lowest BCUT2D eigenvalue weighted by molar-refractivity contribution is -0.122. The highest BCUT2D eigenvalue weighted by Gasteiger charge is 2.37. The van der Waals surface area contributed by atoms with Crippen LogP contribution < -0.4 is 32.7 Å². The second-order valence-electron chi connectivity index (χ2n) is 8.44. The zero-order chi connectivity index (χ0) is 26.6. The molecule has 0 aromatic heterocycles. The van der Waals surface area contributed by atoms with Crippen molar-refractivity contribution in [2.24, 2.45) is 11.5 Å². The van der Waals surface area contributed by atoms with Gasteiger partial charge in [0.05, 0.1) is 34.3 Å². The number of nitrogens with two attached hydrogens (primary N) is 2. The summed E-state index contributed by atoms with van der Waals surface area (Å²) in [4.78, 5) is 50.3. The van der Waals surface area contributed by atoms with Crippen LogP contribution in [0.1, 0.15) is 45.7 Å². The van der Waals surface area contributed by atoms with Crippen LogP contribution in [0, 0.1) is 0 Å². The standard InChI is InChI=1S/C24H30N6O6/c1-11(25)23(35)29-9-7-27-13-3-4-14(28-8-10-30-24(36)12(2)26)18-17(13)21(33)19-15(31)5-6-16(32)20(19)22(18)34/h3-6,11-12,27-28,31-32H,7-10,25-26H2,1-2H3,(H,29,35)(H,30,36)/t11-,12-/m1/s1. The molecule has 0 fully saturated rings. The molecule has 0 aliphatic heterocycles. The Hall–Kier alpha value is -4.16. The molecule has 12 nitrogen and oxygen atoms in total. The lowest BCUT2D eigenvalue weighted by atomic mass is 9.81. The number of carbonyl (C=O) groups is 4. The van der Waals surface area contributed by atoms with Crippen LogP contribution in [0.4, 0.5) is 11.4 Å². The second-order valence-corrected chi connectivity index (χ2v) is 8.44. The van der Waals surface area contributed by atoms with Crippen LogP contribution in [0.3, 0.4) is 0 Å². The van der Waals surface area contributed by atoms with E-state index in [0.29, 0.717) is 11.4 Å². The number of rotatable bonds is 10. The molecule has 192 valence electrons. The zero-order valence-corrected chi connectivity index (χ0v) is 20.0. The highest BCUT2D eigenvalue weighted by atomic mass is 16.3. The van der Waals surface area contributed by atoms with E-state index in [2.05, 4.69) is 21.3 Å². The molecule has 2 aromatic carbocycles. The minimum atomic E-state index is -0.674. The summed E-state index contributed by atoms with van der Waals surface area (Å²) in [5.74, 6) is -2.84. The quantitative estimate of drug-likeness (QED) is 0.134. The Morgan fingerprint density at radius 3 is 1.39 bits per heavy atom. The maximum absolute atomic E-state index is 13.5. The number of amides is 2. The number of fused-ring (bicyclic) bond motifs is 2. The van der Waals surface area contributed by atoms with E-state index < -0.39 is 35.1 Å². The molecule has 36 heavy (non-hydrogen) atoms. The first kappa shape index (κ1) is 26.4. The van der Waals surface area contributed by atoms with Crippen LogP contribution in [0.5, 0.6) is 11.5 Å². The van der Waals surface area contributed by atoms with E-state index in [1.54, 1.807) is 26.0 Å². The molecule has 0 heterocycles. The van der Waals surface area contributed by atoms with E-state index in [9.17, 15) is 29.4 Å². The van der Waals surface area contributed by atoms with E-state index >= 15 is 0 Å². The summed E-state index contributed by atoms with van der Waals surface area (Å²) in [6.07, 6.45) is 0. The molecular weight excluding hydrogens is 468 g/mol.